The molecule has 7 nitrogen and oxygen atoms in total. The highest BCUT2D eigenvalue weighted by Gasteiger charge is 2.19. The highest BCUT2D eigenvalue weighted by Crippen LogP contribution is 2.19. The van der Waals surface area contributed by atoms with E-state index in [0.717, 1.165) is 6.07 Å². The number of hydrogen-bond donors (Lipinski definition) is 3. The average molecular weight is 297 g/mol. The molecule has 4 N–H and O–H groups in total. The van der Waals surface area contributed by atoms with E-state index in [9.17, 15) is 12.8 Å². The van der Waals surface area contributed by atoms with E-state index in [-0.39, 0.29) is 22.1 Å². The number of halogens is 1. The lowest BCUT2D eigenvalue weighted by Crippen LogP contribution is -2.16. The number of nitrogen functional groups attached to an aromatic ring is 1. The molecular formula is C11H12FN5O2S. The number of rotatable bonds is 4. The maximum absolute atomic E-state index is 13.8. The number of anilines is 1. The molecule has 2 rings (SSSR count). The first-order valence-electron chi connectivity index (χ1n) is 5.44. The quantitative estimate of drug-likeness (QED) is 0.567. The fraction of sp³-hybridized carbons (Fsp3) is 0.0909. The first-order chi connectivity index (χ1) is 9.29. The minimum Gasteiger partial charge on any atom is -0.384 e. The summed E-state index contributed by atoms with van der Waals surface area (Å²) in [5.74, 6) is -1.12. The molecule has 0 radical (unpaired) electrons. The van der Waals surface area contributed by atoms with Gasteiger partial charge in [-0.3, -0.25) is 10.1 Å². The molecule has 1 aromatic carbocycles. The van der Waals surface area contributed by atoms with Gasteiger partial charge in [0.25, 0.3) is 10.0 Å². The van der Waals surface area contributed by atoms with Crippen LogP contribution in [-0.2, 0) is 17.1 Å². The third-order valence-electron chi connectivity index (χ3n) is 2.48. The third-order valence-corrected chi connectivity index (χ3v) is 3.73. The first-order valence-corrected chi connectivity index (χ1v) is 6.92. The van der Waals surface area contributed by atoms with E-state index < -0.39 is 15.8 Å². The van der Waals surface area contributed by atoms with Crippen molar-refractivity contribution < 1.29 is 12.8 Å². The summed E-state index contributed by atoms with van der Waals surface area (Å²) in [5, 5.41) is 6.97. The Balaban J connectivity index is 2.32. The minimum absolute atomic E-state index is 0.170. The molecule has 0 spiro atoms. The zero-order valence-corrected chi connectivity index (χ0v) is 11.3. The summed E-state index contributed by atoms with van der Waals surface area (Å²) in [5.41, 5.74) is 5.15. The molecule has 0 atom stereocenters. The minimum atomic E-state index is -3.95. The van der Waals surface area contributed by atoms with E-state index in [0.29, 0.717) is 0 Å². The molecule has 0 aliphatic carbocycles. The van der Waals surface area contributed by atoms with Crippen LogP contribution in [0.25, 0.3) is 0 Å². The standard InChI is InChI=1S/C11H12FN5O2S/c1-17-5-10(15-6-17)20(18,19)16-9-3-2-7(11(13)14)4-8(9)12/h2-6,16H,1H3,(H3,13,14). The van der Waals surface area contributed by atoms with Crippen LogP contribution in [0.3, 0.4) is 0 Å². The second kappa shape index (κ2) is 4.93. The summed E-state index contributed by atoms with van der Waals surface area (Å²) in [4.78, 5) is 3.70. The Kier molecular flexibility index (Phi) is 3.45. The van der Waals surface area contributed by atoms with E-state index in [1.807, 2.05) is 0 Å². The van der Waals surface area contributed by atoms with Crippen molar-refractivity contribution >= 4 is 21.5 Å². The van der Waals surface area contributed by atoms with Crippen LogP contribution in [0.15, 0.2) is 35.7 Å². The Morgan fingerprint density at radius 1 is 1.50 bits per heavy atom. The highest BCUT2D eigenvalue weighted by molar-refractivity contribution is 7.92. The second-order valence-electron chi connectivity index (χ2n) is 4.09. The molecule has 0 bridgehead atoms. The molecule has 1 heterocycles. The van der Waals surface area contributed by atoms with E-state index in [4.69, 9.17) is 11.1 Å². The number of hydrogen-bond acceptors (Lipinski definition) is 4. The number of aryl methyl sites for hydroxylation is 1. The van der Waals surface area contributed by atoms with Gasteiger partial charge in [-0.2, -0.15) is 8.42 Å². The van der Waals surface area contributed by atoms with Crippen molar-refractivity contribution in [1.29, 1.82) is 5.41 Å². The zero-order valence-electron chi connectivity index (χ0n) is 10.5. The van der Waals surface area contributed by atoms with Gasteiger partial charge in [-0.05, 0) is 18.2 Å². The van der Waals surface area contributed by atoms with Crippen molar-refractivity contribution in [2.24, 2.45) is 12.8 Å². The molecule has 9 heteroatoms. The number of amidine groups is 1. The monoisotopic (exact) mass is 297 g/mol. The summed E-state index contributed by atoms with van der Waals surface area (Å²) in [6.45, 7) is 0. The second-order valence-corrected chi connectivity index (χ2v) is 5.72. The van der Waals surface area contributed by atoms with Gasteiger partial charge in [-0.15, -0.1) is 0 Å². The zero-order chi connectivity index (χ0) is 14.9. The Labute approximate surface area is 114 Å². The maximum atomic E-state index is 13.8. The van der Waals surface area contributed by atoms with Crippen molar-refractivity contribution in [2.75, 3.05) is 4.72 Å². The largest absolute Gasteiger partial charge is 0.384 e. The van der Waals surface area contributed by atoms with Gasteiger partial charge in [0.2, 0.25) is 0 Å². The summed E-state index contributed by atoms with van der Waals surface area (Å²) < 4.78 is 41.2. The molecular weight excluding hydrogens is 285 g/mol. The lowest BCUT2D eigenvalue weighted by Gasteiger charge is -2.08. The van der Waals surface area contributed by atoms with Crippen LogP contribution in [0.2, 0.25) is 0 Å². The average Bonchev–Trinajstić information content (AvgIpc) is 2.79. The van der Waals surface area contributed by atoms with E-state index >= 15 is 0 Å². The smallest absolute Gasteiger partial charge is 0.281 e. The molecule has 0 aliphatic rings. The topological polar surface area (TPSA) is 114 Å². The molecule has 0 aliphatic heterocycles. The SMILES string of the molecule is Cn1cnc(S(=O)(=O)Nc2ccc(C(=N)N)cc2F)c1. The van der Waals surface area contributed by atoms with Gasteiger partial charge < -0.3 is 10.3 Å². The van der Waals surface area contributed by atoms with Crippen LogP contribution in [0.5, 0.6) is 0 Å². The Morgan fingerprint density at radius 3 is 2.70 bits per heavy atom. The lowest BCUT2D eigenvalue weighted by molar-refractivity contribution is 0.595. The van der Waals surface area contributed by atoms with Crippen molar-refractivity contribution in [1.82, 2.24) is 9.55 Å². The fourth-order valence-electron chi connectivity index (χ4n) is 1.49. The number of aromatic nitrogens is 2. The van der Waals surface area contributed by atoms with Gasteiger partial charge in [-0.25, -0.2) is 9.37 Å². The fourth-order valence-corrected chi connectivity index (χ4v) is 2.54. The normalized spacial score (nSPS) is 11.3. The Bertz CT molecular complexity index is 769. The molecule has 0 amide bonds. The predicted octanol–water partition coefficient (Wildman–Crippen LogP) is 0.644. The predicted molar refractivity (Wildman–Crippen MR) is 71.4 cm³/mol. The molecule has 0 fully saturated rings. The number of nitrogens with one attached hydrogen (secondary N) is 2. The summed E-state index contributed by atoms with van der Waals surface area (Å²) in [6, 6.07) is 3.53. The van der Waals surface area contributed by atoms with Crippen LogP contribution in [0.4, 0.5) is 10.1 Å². The number of nitrogens with zero attached hydrogens (tertiary/aromatic N) is 2. The number of benzene rings is 1. The van der Waals surface area contributed by atoms with Gasteiger partial charge in [0.15, 0.2) is 5.03 Å². The van der Waals surface area contributed by atoms with Crippen LogP contribution < -0.4 is 10.5 Å². The molecule has 0 saturated carbocycles. The van der Waals surface area contributed by atoms with E-state index in [1.54, 1.807) is 7.05 Å². The van der Waals surface area contributed by atoms with Gasteiger partial charge in [-0.1, -0.05) is 0 Å². The van der Waals surface area contributed by atoms with Gasteiger partial charge in [0.05, 0.1) is 12.0 Å². The number of sulfonamides is 1. The first kappa shape index (κ1) is 14.0. The molecule has 20 heavy (non-hydrogen) atoms. The van der Waals surface area contributed by atoms with E-state index in [1.165, 1.54) is 29.2 Å². The molecule has 0 saturated heterocycles. The van der Waals surface area contributed by atoms with Crippen LogP contribution in [-0.4, -0.2) is 23.8 Å². The highest BCUT2D eigenvalue weighted by atomic mass is 32.2. The molecule has 0 unspecified atom stereocenters. The summed E-state index contributed by atoms with van der Waals surface area (Å²) in [7, 11) is -2.34. The van der Waals surface area contributed by atoms with Gasteiger partial charge in [0.1, 0.15) is 11.7 Å². The Morgan fingerprint density at radius 2 is 2.20 bits per heavy atom. The number of nitrogens with two attached hydrogens (primary N) is 1. The molecule has 2 aromatic rings. The summed E-state index contributed by atoms with van der Waals surface area (Å²) in [6.07, 6.45) is 2.62. The van der Waals surface area contributed by atoms with Crippen molar-refractivity contribution in [3.63, 3.8) is 0 Å². The van der Waals surface area contributed by atoms with Gasteiger partial charge in [0, 0.05) is 18.8 Å². The van der Waals surface area contributed by atoms with Crippen molar-refractivity contribution in [3.05, 3.63) is 42.1 Å². The number of imidazole rings is 1. The summed E-state index contributed by atoms with van der Waals surface area (Å²) >= 11 is 0. The van der Waals surface area contributed by atoms with E-state index in [2.05, 4.69) is 9.71 Å². The van der Waals surface area contributed by atoms with Crippen LogP contribution >= 0.6 is 0 Å². The van der Waals surface area contributed by atoms with Crippen LogP contribution in [0.1, 0.15) is 5.56 Å². The maximum Gasteiger partial charge on any atom is 0.281 e. The molecule has 106 valence electrons. The van der Waals surface area contributed by atoms with Crippen LogP contribution in [0, 0.1) is 11.2 Å². The van der Waals surface area contributed by atoms with Crippen molar-refractivity contribution in [3.8, 4) is 0 Å². The lowest BCUT2D eigenvalue weighted by atomic mass is 10.2. The third kappa shape index (κ3) is 2.77. The Hall–Kier alpha value is -2.42. The van der Waals surface area contributed by atoms with Crippen molar-refractivity contribution in [2.45, 2.75) is 5.03 Å². The molecule has 1 aromatic heterocycles. The van der Waals surface area contributed by atoms with Gasteiger partial charge >= 0.3 is 0 Å².